The first-order chi connectivity index (χ1) is 8.69. The highest BCUT2D eigenvalue weighted by Gasteiger charge is 2.08. The Morgan fingerprint density at radius 2 is 1.78 bits per heavy atom. The predicted molar refractivity (Wildman–Crippen MR) is 72.6 cm³/mol. The minimum absolute atomic E-state index is 0.616. The lowest BCUT2D eigenvalue weighted by Crippen LogP contribution is -2.04. The molecule has 18 heavy (non-hydrogen) atoms. The molecule has 0 radical (unpaired) electrons. The quantitative estimate of drug-likeness (QED) is 0.879. The lowest BCUT2D eigenvalue weighted by Gasteiger charge is -1.99. The van der Waals surface area contributed by atoms with Gasteiger partial charge >= 0.3 is 0 Å². The van der Waals surface area contributed by atoms with E-state index in [2.05, 4.69) is 36.2 Å². The molecule has 0 amide bonds. The van der Waals surface area contributed by atoms with Crippen LogP contribution in [0.15, 0.2) is 28.7 Å². The normalized spacial score (nSPS) is 10.8. The number of hydrogen-bond acceptors (Lipinski definition) is 3. The van der Waals surface area contributed by atoms with Crippen LogP contribution in [-0.2, 0) is 19.3 Å². The van der Waals surface area contributed by atoms with E-state index >= 15 is 0 Å². The average Bonchev–Trinajstić information content (AvgIpc) is 2.70. The molecular formula is C15H20N2O. The van der Waals surface area contributed by atoms with E-state index in [4.69, 9.17) is 10.2 Å². The van der Waals surface area contributed by atoms with Crippen molar-refractivity contribution < 1.29 is 4.42 Å². The van der Waals surface area contributed by atoms with Crippen LogP contribution in [0.2, 0.25) is 0 Å². The Labute approximate surface area is 108 Å². The van der Waals surface area contributed by atoms with Crippen LogP contribution in [0.4, 0.5) is 0 Å². The molecule has 96 valence electrons. The molecule has 0 aliphatic rings. The molecule has 0 atom stereocenters. The van der Waals surface area contributed by atoms with Crippen LogP contribution < -0.4 is 5.73 Å². The molecule has 3 nitrogen and oxygen atoms in total. The maximum atomic E-state index is 5.65. The fourth-order valence-electron chi connectivity index (χ4n) is 1.97. The SMILES string of the molecule is Cc1ccc(CCc2nc(CCN)c(C)o2)cc1. The summed E-state index contributed by atoms with van der Waals surface area (Å²) in [5, 5.41) is 0. The Morgan fingerprint density at radius 3 is 2.44 bits per heavy atom. The Kier molecular flexibility index (Phi) is 4.15. The van der Waals surface area contributed by atoms with E-state index in [9.17, 15) is 0 Å². The molecule has 3 heteroatoms. The molecule has 0 aliphatic heterocycles. The second-order valence-corrected chi connectivity index (χ2v) is 4.63. The van der Waals surface area contributed by atoms with Crippen molar-refractivity contribution in [3.63, 3.8) is 0 Å². The van der Waals surface area contributed by atoms with E-state index in [1.165, 1.54) is 11.1 Å². The molecule has 2 N–H and O–H groups in total. The monoisotopic (exact) mass is 244 g/mol. The van der Waals surface area contributed by atoms with Crippen molar-refractivity contribution >= 4 is 0 Å². The highest BCUT2D eigenvalue weighted by Crippen LogP contribution is 2.13. The van der Waals surface area contributed by atoms with Gasteiger partial charge in [0, 0.05) is 12.8 Å². The predicted octanol–water partition coefficient (Wildman–Crippen LogP) is 2.58. The van der Waals surface area contributed by atoms with E-state index in [1.54, 1.807) is 0 Å². The summed E-state index contributed by atoms with van der Waals surface area (Å²) in [7, 11) is 0. The van der Waals surface area contributed by atoms with Gasteiger partial charge in [-0.15, -0.1) is 0 Å². The molecule has 0 aliphatic carbocycles. The van der Waals surface area contributed by atoms with Crippen molar-refractivity contribution in [3.05, 3.63) is 52.7 Å². The molecule has 2 rings (SSSR count). The zero-order chi connectivity index (χ0) is 13.0. The Morgan fingerprint density at radius 1 is 1.06 bits per heavy atom. The summed E-state index contributed by atoms with van der Waals surface area (Å²) in [6.07, 6.45) is 2.59. The van der Waals surface area contributed by atoms with Gasteiger partial charge in [-0.05, 0) is 32.4 Å². The first kappa shape index (κ1) is 12.8. The van der Waals surface area contributed by atoms with E-state index < -0.39 is 0 Å². The standard InChI is InChI=1S/C15H20N2O/c1-11-3-5-13(6-4-11)7-8-15-17-14(9-10-16)12(2)18-15/h3-6H,7-10,16H2,1-2H3. The van der Waals surface area contributed by atoms with Crippen LogP contribution >= 0.6 is 0 Å². The van der Waals surface area contributed by atoms with Gasteiger partial charge in [0.1, 0.15) is 5.76 Å². The molecule has 0 spiro atoms. The van der Waals surface area contributed by atoms with Crippen LogP contribution in [0.1, 0.15) is 28.5 Å². The number of aryl methyl sites for hydroxylation is 4. The first-order valence-electron chi connectivity index (χ1n) is 6.40. The molecule has 0 saturated heterocycles. The third-order valence-corrected chi connectivity index (χ3v) is 3.07. The van der Waals surface area contributed by atoms with Crippen LogP contribution in [0, 0.1) is 13.8 Å². The van der Waals surface area contributed by atoms with Crippen LogP contribution in [0.3, 0.4) is 0 Å². The molecule has 1 heterocycles. The highest BCUT2D eigenvalue weighted by atomic mass is 16.4. The molecule has 0 fully saturated rings. The third-order valence-electron chi connectivity index (χ3n) is 3.07. The van der Waals surface area contributed by atoms with Crippen molar-refractivity contribution in [2.75, 3.05) is 6.54 Å². The average molecular weight is 244 g/mol. The smallest absolute Gasteiger partial charge is 0.194 e. The maximum Gasteiger partial charge on any atom is 0.194 e. The van der Waals surface area contributed by atoms with Gasteiger partial charge < -0.3 is 10.2 Å². The lowest BCUT2D eigenvalue weighted by atomic mass is 10.1. The van der Waals surface area contributed by atoms with Gasteiger partial charge in [0.05, 0.1) is 5.69 Å². The second-order valence-electron chi connectivity index (χ2n) is 4.63. The van der Waals surface area contributed by atoms with Gasteiger partial charge in [0.15, 0.2) is 5.89 Å². The molecule has 2 aromatic rings. The number of oxazole rings is 1. The van der Waals surface area contributed by atoms with E-state index in [0.29, 0.717) is 6.54 Å². The van der Waals surface area contributed by atoms with E-state index in [-0.39, 0.29) is 0 Å². The Bertz CT molecular complexity index is 500. The fraction of sp³-hybridized carbons (Fsp3) is 0.400. The van der Waals surface area contributed by atoms with Crippen molar-refractivity contribution in [1.82, 2.24) is 4.98 Å². The van der Waals surface area contributed by atoms with Crippen molar-refractivity contribution in [3.8, 4) is 0 Å². The number of nitrogens with two attached hydrogens (primary N) is 1. The van der Waals surface area contributed by atoms with Gasteiger partial charge in [0.2, 0.25) is 0 Å². The van der Waals surface area contributed by atoms with E-state index in [1.807, 2.05) is 6.92 Å². The minimum atomic E-state index is 0.616. The Hall–Kier alpha value is -1.61. The van der Waals surface area contributed by atoms with Gasteiger partial charge in [-0.1, -0.05) is 29.8 Å². The molecular weight excluding hydrogens is 224 g/mol. The highest BCUT2D eigenvalue weighted by molar-refractivity contribution is 5.22. The fourth-order valence-corrected chi connectivity index (χ4v) is 1.97. The summed E-state index contributed by atoms with van der Waals surface area (Å²) in [6, 6.07) is 8.59. The van der Waals surface area contributed by atoms with Gasteiger partial charge in [0.25, 0.3) is 0 Å². The molecule has 0 saturated carbocycles. The maximum absolute atomic E-state index is 5.65. The van der Waals surface area contributed by atoms with Crippen LogP contribution in [0.25, 0.3) is 0 Å². The minimum Gasteiger partial charge on any atom is -0.446 e. The summed E-state index contributed by atoms with van der Waals surface area (Å²) < 4.78 is 5.65. The van der Waals surface area contributed by atoms with Crippen molar-refractivity contribution in [2.24, 2.45) is 5.73 Å². The molecule has 0 unspecified atom stereocenters. The van der Waals surface area contributed by atoms with Gasteiger partial charge in [-0.3, -0.25) is 0 Å². The number of hydrogen-bond donors (Lipinski definition) is 1. The van der Waals surface area contributed by atoms with E-state index in [0.717, 1.165) is 36.6 Å². The number of nitrogens with zero attached hydrogens (tertiary/aromatic N) is 1. The summed E-state index contributed by atoms with van der Waals surface area (Å²) in [5.41, 5.74) is 9.14. The van der Waals surface area contributed by atoms with Crippen molar-refractivity contribution in [1.29, 1.82) is 0 Å². The number of benzene rings is 1. The zero-order valence-corrected chi connectivity index (χ0v) is 11.1. The third kappa shape index (κ3) is 3.20. The van der Waals surface area contributed by atoms with Gasteiger partial charge in [-0.25, -0.2) is 4.98 Å². The summed E-state index contributed by atoms with van der Waals surface area (Å²) in [6.45, 7) is 4.67. The summed E-state index contributed by atoms with van der Waals surface area (Å²) in [5.74, 6) is 1.72. The lowest BCUT2D eigenvalue weighted by molar-refractivity contribution is 0.469. The molecule has 0 bridgehead atoms. The number of rotatable bonds is 5. The topological polar surface area (TPSA) is 52.0 Å². The summed E-state index contributed by atoms with van der Waals surface area (Å²) >= 11 is 0. The van der Waals surface area contributed by atoms with Crippen molar-refractivity contribution in [2.45, 2.75) is 33.1 Å². The van der Waals surface area contributed by atoms with Gasteiger partial charge in [-0.2, -0.15) is 0 Å². The first-order valence-corrected chi connectivity index (χ1v) is 6.40. The summed E-state index contributed by atoms with van der Waals surface area (Å²) in [4.78, 5) is 4.49. The van der Waals surface area contributed by atoms with Crippen LogP contribution in [-0.4, -0.2) is 11.5 Å². The zero-order valence-electron chi connectivity index (χ0n) is 11.1. The van der Waals surface area contributed by atoms with Crippen LogP contribution in [0.5, 0.6) is 0 Å². The number of aromatic nitrogens is 1. The molecule has 1 aromatic carbocycles. The second kappa shape index (κ2) is 5.83. The largest absolute Gasteiger partial charge is 0.446 e. The Balaban J connectivity index is 1.97. The molecule has 1 aromatic heterocycles.